The summed E-state index contributed by atoms with van der Waals surface area (Å²) in [6.45, 7) is 0.165. The lowest BCUT2D eigenvalue weighted by Crippen LogP contribution is -2.14. The van der Waals surface area contributed by atoms with Gasteiger partial charge in [-0.05, 0) is 24.3 Å². The van der Waals surface area contributed by atoms with Crippen molar-refractivity contribution >= 4 is 35.1 Å². The minimum Gasteiger partial charge on any atom is -0.484 e. The maximum Gasteiger partial charge on any atom is 0.277 e. The second-order valence-corrected chi connectivity index (χ2v) is 6.12. The smallest absolute Gasteiger partial charge is 0.277 e. The first kappa shape index (κ1) is 17.2. The summed E-state index contributed by atoms with van der Waals surface area (Å²) in [7, 11) is 0. The van der Waals surface area contributed by atoms with Gasteiger partial charge < -0.3 is 14.5 Å². The quantitative estimate of drug-likeness (QED) is 0.631. The van der Waals surface area contributed by atoms with Gasteiger partial charge >= 0.3 is 0 Å². The monoisotopic (exact) mass is 376 g/mol. The third-order valence-electron chi connectivity index (χ3n) is 2.88. The van der Waals surface area contributed by atoms with E-state index in [1.165, 1.54) is 6.20 Å². The molecule has 0 saturated carbocycles. The number of aromatic nitrogens is 3. The van der Waals surface area contributed by atoms with Crippen molar-refractivity contribution in [1.82, 2.24) is 15.2 Å². The number of benzene rings is 1. The van der Waals surface area contributed by atoms with Crippen LogP contribution in [0.5, 0.6) is 5.75 Å². The molecule has 3 rings (SSSR count). The highest BCUT2D eigenvalue weighted by Crippen LogP contribution is 2.18. The molecule has 9 heteroatoms. The molecule has 1 aromatic carbocycles. The van der Waals surface area contributed by atoms with E-state index < -0.39 is 0 Å². The van der Waals surface area contributed by atoms with Crippen LogP contribution >= 0.6 is 23.4 Å². The Morgan fingerprint density at radius 1 is 1.20 bits per heavy atom. The molecule has 1 amide bonds. The molecule has 0 aliphatic rings. The molecule has 0 saturated heterocycles. The molecule has 128 valence electrons. The zero-order valence-corrected chi connectivity index (χ0v) is 14.5. The Morgan fingerprint density at radius 3 is 2.80 bits per heavy atom. The van der Waals surface area contributed by atoms with E-state index in [0.717, 1.165) is 11.8 Å². The van der Waals surface area contributed by atoms with Gasteiger partial charge in [0.15, 0.2) is 6.61 Å². The number of anilines is 1. The summed E-state index contributed by atoms with van der Waals surface area (Å²) in [5.74, 6) is 1.36. The molecular formula is C16H13ClN4O3S. The van der Waals surface area contributed by atoms with E-state index in [-0.39, 0.29) is 18.3 Å². The topological polar surface area (TPSA) is 90.1 Å². The van der Waals surface area contributed by atoms with Crippen molar-refractivity contribution < 1.29 is 13.9 Å². The number of nitrogens with zero attached hydrogens (tertiary/aromatic N) is 3. The number of ether oxygens (including phenoxy) is 1. The predicted octanol–water partition coefficient (Wildman–Crippen LogP) is 3.43. The van der Waals surface area contributed by atoms with E-state index in [0.29, 0.717) is 27.7 Å². The standard InChI is InChI=1S/C16H13ClN4O3S/c17-11-6-7-13(18-8-11)19-14(22)10-25-16-21-20-15(24-16)9-23-12-4-2-1-3-5-12/h1-8H,9-10H2,(H,18,19,22). The van der Waals surface area contributed by atoms with Gasteiger partial charge in [0.25, 0.3) is 11.1 Å². The van der Waals surface area contributed by atoms with Crippen LogP contribution in [0.3, 0.4) is 0 Å². The zero-order chi connectivity index (χ0) is 17.5. The minimum absolute atomic E-state index is 0.117. The number of amides is 1. The lowest BCUT2D eigenvalue weighted by Gasteiger charge is -2.02. The van der Waals surface area contributed by atoms with Crippen LogP contribution < -0.4 is 10.1 Å². The molecule has 1 N–H and O–H groups in total. The van der Waals surface area contributed by atoms with Crippen LogP contribution in [0.2, 0.25) is 5.02 Å². The van der Waals surface area contributed by atoms with Crippen LogP contribution in [-0.4, -0.2) is 26.8 Å². The lowest BCUT2D eigenvalue weighted by atomic mass is 10.3. The van der Waals surface area contributed by atoms with Gasteiger partial charge in [-0.1, -0.05) is 41.6 Å². The molecule has 0 radical (unpaired) electrons. The summed E-state index contributed by atoms with van der Waals surface area (Å²) in [6.07, 6.45) is 1.46. The second kappa shape index (κ2) is 8.50. The van der Waals surface area contributed by atoms with Crippen molar-refractivity contribution in [1.29, 1.82) is 0 Å². The average molecular weight is 377 g/mol. The molecule has 0 fully saturated rings. The highest BCUT2D eigenvalue weighted by Gasteiger charge is 2.11. The largest absolute Gasteiger partial charge is 0.484 e. The van der Waals surface area contributed by atoms with Crippen LogP contribution in [0.4, 0.5) is 5.82 Å². The third kappa shape index (κ3) is 5.47. The van der Waals surface area contributed by atoms with Crippen LogP contribution in [0, 0.1) is 0 Å². The Hall–Kier alpha value is -2.58. The molecule has 0 spiro atoms. The van der Waals surface area contributed by atoms with Crippen LogP contribution in [0.1, 0.15) is 5.89 Å². The van der Waals surface area contributed by atoms with Crippen molar-refractivity contribution in [2.24, 2.45) is 0 Å². The highest BCUT2D eigenvalue weighted by atomic mass is 35.5. The number of hydrogen-bond acceptors (Lipinski definition) is 7. The van der Waals surface area contributed by atoms with Gasteiger partial charge in [-0.2, -0.15) is 0 Å². The SMILES string of the molecule is O=C(CSc1nnc(COc2ccccc2)o1)Nc1ccc(Cl)cn1. The van der Waals surface area contributed by atoms with Crippen molar-refractivity contribution in [2.45, 2.75) is 11.8 Å². The van der Waals surface area contributed by atoms with Gasteiger partial charge in [0.2, 0.25) is 5.91 Å². The average Bonchev–Trinajstić information content (AvgIpc) is 3.09. The van der Waals surface area contributed by atoms with Gasteiger partial charge in [-0.3, -0.25) is 4.79 Å². The van der Waals surface area contributed by atoms with E-state index in [2.05, 4.69) is 20.5 Å². The molecule has 0 bridgehead atoms. The molecule has 25 heavy (non-hydrogen) atoms. The fraction of sp³-hybridized carbons (Fsp3) is 0.125. The van der Waals surface area contributed by atoms with Crippen LogP contribution in [0.15, 0.2) is 58.3 Å². The number of para-hydroxylation sites is 1. The molecular weight excluding hydrogens is 364 g/mol. The second-order valence-electron chi connectivity index (χ2n) is 4.76. The van der Waals surface area contributed by atoms with Gasteiger partial charge in [0.05, 0.1) is 10.8 Å². The Labute approximate surface area is 152 Å². The molecule has 2 heterocycles. The fourth-order valence-corrected chi connectivity index (χ4v) is 2.46. The Balaban J connectivity index is 1.45. The van der Waals surface area contributed by atoms with Crippen molar-refractivity contribution in [3.63, 3.8) is 0 Å². The first-order valence-electron chi connectivity index (χ1n) is 7.23. The van der Waals surface area contributed by atoms with Gasteiger partial charge in [0, 0.05) is 6.20 Å². The fourth-order valence-electron chi connectivity index (χ4n) is 1.77. The molecule has 0 aliphatic carbocycles. The third-order valence-corrected chi connectivity index (χ3v) is 3.92. The minimum atomic E-state index is -0.236. The van der Waals surface area contributed by atoms with E-state index in [1.54, 1.807) is 12.1 Å². The van der Waals surface area contributed by atoms with Crippen molar-refractivity contribution in [3.05, 3.63) is 59.6 Å². The summed E-state index contributed by atoms with van der Waals surface area (Å²) < 4.78 is 10.9. The number of carbonyl (C=O) groups excluding carboxylic acids is 1. The molecule has 0 aliphatic heterocycles. The number of thioether (sulfide) groups is 1. The van der Waals surface area contributed by atoms with E-state index >= 15 is 0 Å². The van der Waals surface area contributed by atoms with Crippen molar-refractivity contribution in [2.75, 3.05) is 11.1 Å². The number of nitrogens with one attached hydrogen (secondary N) is 1. The molecule has 0 atom stereocenters. The number of rotatable bonds is 7. The normalized spacial score (nSPS) is 10.4. The summed E-state index contributed by atoms with van der Waals surface area (Å²) >= 11 is 6.87. The summed E-state index contributed by atoms with van der Waals surface area (Å²) in [6, 6.07) is 12.6. The van der Waals surface area contributed by atoms with Crippen LogP contribution in [-0.2, 0) is 11.4 Å². The first-order valence-corrected chi connectivity index (χ1v) is 8.60. The van der Waals surface area contributed by atoms with Crippen LogP contribution in [0.25, 0.3) is 0 Å². The summed E-state index contributed by atoms with van der Waals surface area (Å²) in [5, 5.41) is 11.2. The molecule has 2 aromatic heterocycles. The Morgan fingerprint density at radius 2 is 2.04 bits per heavy atom. The van der Waals surface area contributed by atoms with Crippen molar-refractivity contribution in [3.8, 4) is 5.75 Å². The lowest BCUT2D eigenvalue weighted by molar-refractivity contribution is -0.113. The Bertz CT molecular complexity index is 827. The first-order chi connectivity index (χ1) is 12.2. The summed E-state index contributed by atoms with van der Waals surface area (Å²) in [5.41, 5.74) is 0. The maximum absolute atomic E-state index is 11.9. The number of pyridine rings is 1. The summed E-state index contributed by atoms with van der Waals surface area (Å²) in [4.78, 5) is 15.9. The molecule has 7 nitrogen and oxygen atoms in total. The van der Waals surface area contributed by atoms with Gasteiger partial charge in [-0.15, -0.1) is 10.2 Å². The number of halogens is 1. The van der Waals surface area contributed by atoms with E-state index in [1.807, 2.05) is 30.3 Å². The van der Waals surface area contributed by atoms with Gasteiger partial charge in [0.1, 0.15) is 11.6 Å². The van der Waals surface area contributed by atoms with E-state index in [4.69, 9.17) is 20.8 Å². The maximum atomic E-state index is 11.9. The van der Waals surface area contributed by atoms with Gasteiger partial charge in [-0.25, -0.2) is 4.98 Å². The number of hydrogen-bond donors (Lipinski definition) is 1. The Kier molecular flexibility index (Phi) is 5.86. The van der Waals surface area contributed by atoms with E-state index in [9.17, 15) is 4.79 Å². The predicted molar refractivity (Wildman–Crippen MR) is 93.7 cm³/mol. The number of carbonyl (C=O) groups is 1. The molecule has 3 aromatic rings. The zero-order valence-electron chi connectivity index (χ0n) is 12.9. The highest BCUT2D eigenvalue weighted by molar-refractivity contribution is 7.99. The molecule has 0 unspecified atom stereocenters.